The molecule has 1 aliphatic rings. The summed E-state index contributed by atoms with van der Waals surface area (Å²) in [6.07, 6.45) is 1.33. The highest BCUT2D eigenvalue weighted by atomic mass is 35.5. The van der Waals surface area contributed by atoms with Gasteiger partial charge in [0.25, 0.3) is 0 Å². The molecule has 2 amide bonds. The molecule has 2 N–H and O–H groups in total. The average molecular weight is 339 g/mol. The van der Waals surface area contributed by atoms with E-state index in [1.165, 1.54) is 0 Å². The first kappa shape index (κ1) is 17.8. The molecule has 1 aromatic rings. The van der Waals surface area contributed by atoms with Gasteiger partial charge in [0, 0.05) is 24.5 Å². The Morgan fingerprint density at radius 3 is 2.48 bits per heavy atom. The Kier molecular flexibility index (Phi) is 6.42. The monoisotopic (exact) mass is 338 g/mol. The quantitative estimate of drug-likeness (QED) is 0.864. The van der Waals surface area contributed by atoms with Gasteiger partial charge in [0.05, 0.1) is 12.6 Å². The van der Waals surface area contributed by atoms with Crippen molar-refractivity contribution in [2.24, 2.45) is 5.92 Å². The SMILES string of the molecule is CCC(=O)NCC(=O)N1CCC(C(O)c2ccc(Cl)cc2)CC1. The highest BCUT2D eigenvalue weighted by molar-refractivity contribution is 6.30. The van der Waals surface area contributed by atoms with Crippen molar-refractivity contribution in [3.8, 4) is 0 Å². The summed E-state index contributed by atoms with van der Waals surface area (Å²) in [7, 11) is 0. The smallest absolute Gasteiger partial charge is 0.241 e. The van der Waals surface area contributed by atoms with Crippen LogP contribution in [0.2, 0.25) is 5.02 Å². The zero-order valence-corrected chi connectivity index (χ0v) is 14.1. The van der Waals surface area contributed by atoms with Crippen molar-refractivity contribution >= 4 is 23.4 Å². The number of hydrogen-bond donors (Lipinski definition) is 2. The summed E-state index contributed by atoms with van der Waals surface area (Å²) in [5.74, 6) is -0.0527. The van der Waals surface area contributed by atoms with Crippen LogP contribution < -0.4 is 5.32 Å². The van der Waals surface area contributed by atoms with Crippen LogP contribution in [0.25, 0.3) is 0 Å². The molecule has 1 heterocycles. The highest BCUT2D eigenvalue weighted by Crippen LogP contribution is 2.31. The van der Waals surface area contributed by atoms with Crippen LogP contribution in [0, 0.1) is 5.92 Å². The number of aliphatic hydroxyl groups excluding tert-OH is 1. The molecular formula is C17H23ClN2O3. The summed E-state index contributed by atoms with van der Waals surface area (Å²) >= 11 is 5.86. The summed E-state index contributed by atoms with van der Waals surface area (Å²) in [4.78, 5) is 25.0. The molecule has 6 heteroatoms. The molecule has 1 aromatic carbocycles. The van der Waals surface area contributed by atoms with Crippen molar-refractivity contribution in [1.29, 1.82) is 0 Å². The fraction of sp³-hybridized carbons (Fsp3) is 0.529. The molecule has 0 radical (unpaired) electrons. The van der Waals surface area contributed by atoms with E-state index in [4.69, 9.17) is 11.6 Å². The lowest BCUT2D eigenvalue weighted by Crippen LogP contribution is -2.44. The average Bonchev–Trinajstić information content (AvgIpc) is 2.59. The third kappa shape index (κ3) is 4.94. The second-order valence-electron chi connectivity index (χ2n) is 5.84. The minimum absolute atomic E-state index is 0.0527. The third-order valence-corrected chi connectivity index (χ3v) is 4.56. The molecular weight excluding hydrogens is 316 g/mol. The molecule has 1 fully saturated rings. The number of likely N-dealkylation sites (tertiary alicyclic amines) is 1. The number of rotatable bonds is 5. The number of amides is 2. The minimum Gasteiger partial charge on any atom is -0.388 e. The molecule has 23 heavy (non-hydrogen) atoms. The predicted molar refractivity (Wildman–Crippen MR) is 89.0 cm³/mol. The van der Waals surface area contributed by atoms with Gasteiger partial charge in [-0.05, 0) is 36.5 Å². The minimum atomic E-state index is -0.538. The van der Waals surface area contributed by atoms with Crippen molar-refractivity contribution in [3.63, 3.8) is 0 Å². The first-order valence-corrected chi connectivity index (χ1v) is 8.37. The Morgan fingerprint density at radius 2 is 1.91 bits per heavy atom. The van der Waals surface area contributed by atoms with Crippen LogP contribution in [0.1, 0.15) is 37.9 Å². The molecule has 0 saturated carbocycles. The molecule has 2 rings (SSSR count). The van der Waals surface area contributed by atoms with E-state index in [0.717, 1.165) is 18.4 Å². The van der Waals surface area contributed by atoms with E-state index in [2.05, 4.69) is 5.32 Å². The molecule has 1 atom stereocenters. The summed E-state index contributed by atoms with van der Waals surface area (Å²) in [5.41, 5.74) is 0.856. The molecule has 5 nitrogen and oxygen atoms in total. The van der Waals surface area contributed by atoms with E-state index >= 15 is 0 Å². The van der Waals surface area contributed by atoms with Crippen LogP contribution in [0.3, 0.4) is 0 Å². The molecule has 1 unspecified atom stereocenters. The lowest BCUT2D eigenvalue weighted by Gasteiger charge is -2.34. The topological polar surface area (TPSA) is 69.6 Å². The summed E-state index contributed by atoms with van der Waals surface area (Å²) in [6, 6.07) is 7.22. The van der Waals surface area contributed by atoms with E-state index in [0.29, 0.717) is 24.5 Å². The first-order valence-electron chi connectivity index (χ1n) is 7.99. The summed E-state index contributed by atoms with van der Waals surface area (Å²) in [5, 5.41) is 13.7. The second kappa shape index (κ2) is 8.31. The van der Waals surface area contributed by atoms with Crippen molar-refractivity contribution in [3.05, 3.63) is 34.9 Å². The summed E-state index contributed by atoms with van der Waals surface area (Å²) < 4.78 is 0. The van der Waals surface area contributed by atoms with E-state index in [-0.39, 0.29) is 24.3 Å². The van der Waals surface area contributed by atoms with E-state index in [1.807, 2.05) is 12.1 Å². The standard InChI is InChI=1S/C17H23ClN2O3/c1-2-15(21)19-11-16(22)20-9-7-13(8-10-20)17(23)12-3-5-14(18)6-4-12/h3-6,13,17,23H,2,7-11H2,1H3,(H,19,21). The molecule has 0 bridgehead atoms. The van der Waals surface area contributed by atoms with Gasteiger partial charge in [-0.25, -0.2) is 0 Å². The molecule has 126 valence electrons. The molecule has 0 spiro atoms. The van der Waals surface area contributed by atoms with Gasteiger partial charge >= 0.3 is 0 Å². The third-order valence-electron chi connectivity index (χ3n) is 4.31. The maximum atomic E-state index is 12.0. The van der Waals surface area contributed by atoms with Gasteiger partial charge in [-0.15, -0.1) is 0 Å². The number of carbonyl (C=O) groups excluding carboxylic acids is 2. The van der Waals surface area contributed by atoms with Crippen molar-refractivity contribution in [1.82, 2.24) is 10.2 Å². The molecule has 1 aliphatic heterocycles. The van der Waals surface area contributed by atoms with E-state index in [9.17, 15) is 14.7 Å². The van der Waals surface area contributed by atoms with Gasteiger partial charge in [-0.3, -0.25) is 9.59 Å². The number of piperidine rings is 1. The first-order chi connectivity index (χ1) is 11.0. The van der Waals surface area contributed by atoms with Crippen LogP contribution in [0.15, 0.2) is 24.3 Å². The maximum absolute atomic E-state index is 12.0. The Bertz CT molecular complexity index is 539. The van der Waals surface area contributed by atoms with Gasteiger partial charge < -0.3 is 15.3 Å². The predicted octanol–water partition coefficient (Wildman–Crippen LogP) is 2.14. The zero-order chi connectivity index (χ0) is 16.8. The number of nitrogens with one attached hydrogen (secondary N) is 1. The van der Waals surface area contributed by atoms with Crippen LogP contribution in [0.4, 0.5) is 0 Å². The number of hydrogen-bond acceptors (Lipinski definition) is 3. The largest absolute Gasteiger partial charge is 0.388 e. The van der Waals surface area contributed by atoms with Gasteiger partial charge in [0.2, 0.25) is 11.8 Å². The highest BCUT2D eigenvalue weighted by Gasteiger charge is 2.28. The van der Waals surface area contributed by atoms with Crippen molar-refractivity contribution in [2.75, 3.05) is 19.6 Å². The van der Waals surface area contributed by atoms with Gasteiger partial charge in [-0.1, -0.05) is 30.7 Å². The second-order valence-corrected chi connectivity index (χ2v) is 6.28. The van der Waals surface area contributed by atoms with Crippen LogP contribution in [-0.2, 0) is 9.59 Å². The lowest BCUT2D eigenvalue weighted by atomic mass is 9.87. The molecule has 0 aromatic heterocycles. The number of aliphatic hydroxyl groups is 1. The van der Waals surface area contributed by atoms with Crippen molar-refractivity contribution in [2.45, 2.75) is 32.3 Å². The van der Waals surface area contributed by atoms with E-state index < -0.39 is 6.10 Å². The zero-order valence-electron chi connectivity index (χ0n) is 13.3. The Balaban J connectivity index is 1.82. The number of carbonyl (C=O) groups is 2. The molecule has 1 saturated heterocycles. The Morgan fingerprint density at radius 1 is 1.30 bits per heavy atom. The van der Waals surface area contributed by atoms with Gasteiger partial charge in [0.1, 0.15) is 0 Å². The number of nitrogens with zero attached hydrogens (tertiary/aromatic N) is 1. The fourth-order valence-corrected chi connectivity index (χ4v) is 2.93. The summed E-state index contributed by atoms with van der Waals surface area (Å²) in [6.45, 7) is 3.02. The van der Waals surface area contributed by atoms with Crippen molar-refractivity contribution < 1.29 is 14.7 Å². The number of halogens is 1. The normalized spacial score (nSPS) is 16.9. The van der Waals surface area contributed by atoms with Crippen LogP contribution in [-0.4, -0.2) is 41.5 Å². The number of benzene rings is 1. The van der Waals surface area contributed by atoms with E-state index in [1.54, 1.807) is 24.0 Å². The van der Waals surface area contributed by atoms with Crippen LogP contribution >= 0.6 is 11.6 Å². The maximum Gasteiger partial charge on any atom is 0.241 e. The molecule has 0 aliphatic carbocycles. The Labute approximate surface area is 141 Å². The van der Waals surface area contributed by atoms with Crippen LogP contribution in [0.5, 0.6) is 0 Å². The van der Waals surface area contributed by atoms with Gasteiger partial charge in [-0.2, -0.15) is 0 Å². The van der Waals surface area contributed by atoms with Gasteiger partial charge in [0.15, 0.2) is 0 Å². The lowest BCUT2D eigenvalue weighted by molar-refractivity contribution is -0.134. The Hall–Kier alpha value is -1.59. The fourth-order valence-electron chi connectivity index (χ4n) is 2.81.